The molecule has 0 aliphatic rings. The standard InChI is InChI=1S/C12H19N5O2/c1-3-4-10(11(13)17-19)12(18)16-7-9-6-14-8(2)5-15-9/h5-6,10,19H,3-4,7H2,1-2H3,(H2,13,17)(H,16,18). The molecule has 1 amide bonds. The van der Waals surface area contributed by atoms with Crippen LogP contribution in [0, 0.1) is 12.8 Å². The third-order valence-electron chi connectivity index (χ3n) is 2.64. The number of nitrogens with two attached hydrogens (primary N) is 1. The third kappa shape index (κ3) is 4.53. The fourth-order valence-electron chi connectivity index (χ4n) is 1.58. The van der Waals surface area contributed by atoms with Crippen LogP contribution >= 0.6 is 0 Å². The molecule has 0 spiro atoms. The quantitative estimate of drug-likeness (QED) is 0.301. The van der Waals surface area contributed by atoms with Crippen LogP contribution in [-0.2, 0) is 11.3 Å². The highest BCUT2D eigenvalue weighted by molar-refractivity contribution is 6.01. The second-order valence-corrected chi connectivity index (χ2v) is 4.23. The van der Waals surface area contributed by atoms with Crippen molar-refractivity contribution in [2.75, 3.05) is 0 Å². The first kappa shape index (κ1) is 14.9. The van der Waals surface area contributed by atoms with Crippen molar-refractivity contribution in [3.63, 3.8) is 0 Å². The van der Waals surface area contributed by atoms with Crippen molar-refractivity contribution in [2.24, 2.45) is 16.8 Å². The fourth-order valence-corrected chi connectivity index (χ4v) is 1.58. The van der Waals surface area contributed by atoms with Gasteiger partial charge in [-0.3, -0.25) is 14.8 Å². The molecule has 1 rings (SSSR count). The molecule has 0 fully saturated rings. The number of aromatic nitrogens is 2. The Balaban J connectivity index is 2.59. The van der Waals surface area contributed by atoms with Crippen molar-refractivity contribution in [1.29, 1.82) is 0 Å². The zero-order valence-electron chi connectivity index (χ0n) is 11.1. The molecule has 1 heterocycles. The SMILES string of the molecule is CCCC(C(=O)NCc1cnc(C)cn1)C(N)=NO. The van der Waals surface area contributed by atoms with E-state index < -0.39 is 5.92 Å². The summed E-state index contributed by atoms with van der Waals surface area (Å²) in [5.41, 5.74) is 6.98. The van der Waals surface area contributed by atoms with Gasteiger partial charge in [0.1, 0.15) is 0 Å². The van der Waals surface area contributed by atoms with E-state index in [2.05, 4.69) is 20.4 Å². The van der Waals surface area contributed by atoms with Gasteiger partial charge in [0.05, 0.1) is 30.0 Å². The zero-order chi connectivity index (χ0) is 14.3. The van der Waals surface area contributed by atoms with E-state index in [4.69, 9.17) is 10.9 Å². The highest BCUT2D eigenvalue weighted by atomic mass is 16.4. The van der Waals surface area contributed by atoms with E-state index >= 15 is 0 Å². The average Bonchev–Trinajstić information content (AvgIpc) is 2.43. The van der Waals surface area contributed by atoms with Crippen molar-refractivity contribution in [3.8, 4) is 0 Å². The number of rotatable bonds is 6. The molecule has 7 heteroatoms. The van der Waals surface area contributed by atoms with Gasteiger partial charge in [-0.25, -0.2) is 0 Å². The fraction of sp³-hybridized carbons (Fsp3) is 0.500. The molecule has 0 aliphatic carbocycles. The van der Waals surface area contributed by atoms with Crippen molar-refractivity contribution >= 4 is 11.7 Å². The summed E-state index contributed by atoms with van der Waals surface area (Å²) in [4.78, 5) is 20.2. The lowest BCUT2D eigenvalue weighted by atomic mass is 10.0. The lowest BCUT2D eigenvalue weighted by molar-refractivity contribution is -0.123. The first-order chi connectivity index (χ1) is 9.08. The molecular weight excluding hydrogens is 246 g/mol. The predicted molar refractivity (Wildman–Crippen MR) is 70.4 cm³/mol. The van der Waals surface area contributed by atoms with Crippen LogP contribution in [-0.4, -0.2) is 26.9 Å². The molecule has 0 aromatic carbocycles. The van der Waals surface area contributed by atoms with Crippen molar-refractivity contribution in [2.45, 2.75) is 33.2 Å². The molecule has 0 aliphatic heterocycles. The van der Waals surface area contributed by atoms with Crippen LogP contribution in [0.5, 0.6) is 0 Å². The number of hydrogen-bond acceptors (Lipinski definition) is 5. The summed E-state index contributed by atoms with van der Waals surface area (Å²) in [5, 5.41) is 14.3. The Kier molecular flexibility index (Phi) is 5.72. The maximum absolute atomic E-state index is 11.9. The van der Waals surface area contributed by atoms with Crippen LogP contribution in [0.3, 0.4) is 0 Å². The molecule has 19 heavy (non-hydrogen) atoms. The molecule has 0 saturated carbocycles. The molecule has 104 valence electrons. The van der Waals surface area contributed by atoms with Gasteiger partial charge < -0.3 is 16.3 Å². The highest BCUT2D eigenvalue weighted by Gasteiger charge is 2.21. The average molecular weight is 265 g/mol. The monoisotopic (exact) mass is 265 g/mol. The van der Waals surface area contributed by atoms with Gasteiger partial charge in [0, 0.05) is 6.20 Å². The molecule has 7 nitrogen and oxygen atoms in total. The Bertz CT molecular complexity index is 444. The minimum atomic E-state index is -0.617. The minimum absolute atomic E-state index is 0.0747. The minimum Gasteiger partial charge on any atom is -0.409 e. The number of carbonyl (C=O) groups excluding carboxylic acids is 1. The smallest absolute Gasteiger partial charge is 0.231 e. The van der Waals surface area contributed by atoms with Crippen molar-refractivity contribution in [1.82, 2.24) is 15.3 Å². The van der Waals surface area contributed by atoms with Crippen LogP contribution in [0.4, 0.5) is 0 Å². The molecule has 0 saturated heterocycles. The highest BCUT2D eigenvalue weighted by Crippen LogP contribution is 2.07. The molecule has 1 aromatic rings. The zero-order valence-corrected chi connectivity index (χ0v) is 11.1. The molecule has 1 atom stereocenters. The van der Waals surface area contributed by atoms with Gasteiger partial charge in [-0.15, -0.1) is 0 Å². The normalized spacial score (nSPS) is 13.1. The predicted octanol–water partition coefficient (Wildman–Crippen LogP) is 0.564. The number of carbonyl (C=O) groups is 1. The van der Waals surface area contributed by atoms with Crippen molar-refractivity contribution in [3.05, 3.63) is 23.8 Å². The summed E-state index contributed by atoms with van der Waals surface area (Å²) >= 11 is 0. The second-order valence-electron chi connectivity index (χ2n) is 4.23. The third-order valence-corrected chi connectivity index (χ3v) is 2.64. The van der Waals surface area contributed by atoms with E-state index in [0.29, 0.717) is 12.1 Å². The number of nitrogens with zero attached hydrogens (tertiary/aromatic N) is 3. The van der Waals surface area contributed by atoms with Crippen LogP contribution in [0.25, 0.3) is 0 Å². The van der Waals surface area contributed by atoms with Crippen LogP contribution in [0.1, 0.15) is 31.2 Å². The Labute approximate surface area is 111 Å². The Morgan fingerprint density at radius 3 is 2.79 bits per heavy atom. The van der Waals surface area contributed by atoms with Crippen LogP contribution in [0.15, 0.2) is 17.5 Å². The summed E-state index contributed by atoms with van der Waals surface area (Å²) in [6.07, 6.45) is 4.53. The Hall–Kier alpha value is -2.18. The van der Waals surface area contributed by atoms with E-state index in [0.717, 1.165) is 12.1 Å². The van der Waals surface area contributed by atoms with E-state index in [9.17, 15) is 4.79 Å². The van der Waals surface area contributed by atoms with Crippen LogP contribution < -0.4 is 11.1 Å². The Morgan fingerprint density at radius 2 is 2.26 bits per heavy atom. The molecule has 1 aromatic heterocycles. The topological polar surface area (TPSA) is 113 Å². The van der Waals surface area contributed by atoms with Gasteiger partial charge in [-0.1, -0.05) is 18.5 Å². The number of nitrogens with one attached hydrogen (secondary N) is 1. The Morgan fingerprint density at radius 1 is 1.53 bits per heavy atom. The van der Waals surface area contributed by atoms with Gasteiger partial charge in [0.15, 0.2) is 5.84 Å². The number of hydrogen-bond donors (Lipinski definition) is 3. The molecule has 0 radical (unpaired) electrons. The van der Waals surface area contributed by atoms with Gasteiger partial charge in [-0.05, 0) is 13.3 Å². The summed E-state index contributed by atoms with van der Waals surface area (Å²) in [5.74, 6) is -0.970. The number of oxime groups is 1. The number of amidine groups is 1. The molecule has 4 N–H and O–H groups in total. The summed E-state index contributed by atoms with van der Waals surface area (Å²) in [6, 6.07) is 0. The molecule has 1 unspecified atom stereocenters. The van der Waals surface area contributed by atoms with Crippen LogP contribution in [0.2, 0.25) is 0 Å². The molecule has 0 bridgehead atoms. The molecular formula is C12H19N5O2. The van der Waals surface area contributed by atoms with E-state index in [1.165, 1.54) is 0 Å². The van der Waals surface area contributed by atoms with Gasteiger partial charge >= 0.3 is 0 Å². The largest absolute Gasteiger partial charge is 0.409 e. The first-order valence-corrected chi connectivity index (χ1v) is 6.11. The first-order valence-electron chi connectivity index (χ1n) is 6.11. The van der Waals surface area contributed by atoms with Gasteiger partial charge in [-0.2, -0.15) is 0 Å². The maximum Gasteiger partial charge on any atom is 0.231 e. The van der Waals surface area contributed by atoms with Gasteiger partial charge in [0.2, 0.25) is 5.91 Å². The van der Waals surface area contributed by atoms with E-state index in [1.54, 1.807) is 12.4 Å². The maximum atomic E-state index is 11.9. The number of amides is 1. The summed E-state index contributed by atoms with van der Waals surface area (Å²) in [7, 11) is 0. The lowest BCUT2D eigenvalue weighted by Gasteiger charge is -2.14. The second kappa shape index (κ2) is 7.30. The number of aryl methyl sites for hydroxylation is 1. The van der Waals surface area contributed by atoms with Crippen molar-refractivity contribution < 1.29 is 10.0 Å². The van der Waals surface area contributed by atoms with Gasteiger partial charge in [0.25, 0.3) is 0 Å². The van der Waals surface area contributed by atoms with E-state index in [1.807, 2.05) is 13.8 Å². The lowest BCUT2D eigenvalue weighted by Crippen LogP contribution is -2.38. The summed E-state index contributed by atoms with van der Waals surface area (Å²) in [6.45, 7) is 4.03. The summed E-state index contributed by atoms with van der Waals surface area (Å²) < 4.78 is 0. The van der Waals surface area contributed by atoms with E-state index in [-0.39, 0.29) is 18.3 Å².